The Bertz CT molecular complexity index is 858. The Balaban J connectivity index is 1.31. The van der Waals surface area contributed by atoms with Crippen LogP contribution in [0.5, 0.6) is 0 Å². The van der Waals surface area contributed by atoms with E-state index in [9.17, 15) is 9.59 Å². The molecule has 1 atom stereocenters. The molecule has 1 aromatic heterocycles. The average molecular weight is 381 g/mol. The van der Waals surface area contributed by atoms with Gasteiger partial charge in [-0.1, -0.05) is 6.07 Å². The largest absolute Gasteiger partial charge is 0.355 e. The van der Waals surface area contributed by atoms with Gasteiger partial charge in [0.15, 0.2) is 0 Å². The smallest absolute Gasteiger partial charge is 0.253 e. The van der Waals surface area contributed by atoms with Crippen molar-refractivity contribution in [3.63, 3.8) is 0 Å². The summed E-state index contributed by atoms with van der Waals surface area (Å²) in [6, 6.07) is 7.51. The standard InChI is InChI=1S/C21H27N5O2/c1-15-4-5-17(10-19(15)26-8-3-7-23-26)21(28)25-13-18(14-25)20(27)22-11-16-6-9-24(2)12-16/h3-5,7-8,10,16,18H,6,9,11-14H2,1-2H3,(H,22,27). The molecule has 1 N–H and O–H groups in total. The lowest BCUT2D eigenvalue weighted by Gasteiger charge is -2.38. The molecule has 2 aliphatic rings. The molecule has 3 heterocycles. The van der Waals surface area contributed by atoms with Crippen LogP contribution in [0, 0.1) is 18.8 Å². The van der Waals surface area contributed by atoms with Crippen molar-refractivity contribution >= 4 is 11.8 Å². The summed E-state index contributed by atoms with van der Waals surface area (Å²) < 4.78 is 1.76. The fourth-order valence-corrected chi connectivity index (χ4v) is 3.98. The number of aryl methyl sites for hydroxylation is 1. The van der Waals surface area contributed by atoms with Crippen LogP contribution < -0.4 is 5.32 Å². The lowest BCUT2D eigenvalue weighted by atomic mass is 9.97. The van der Waals surface area contributed by atoms with Crippen LogP contribution in [-0.4, -0.2) is 71.2 Å². The van der Waals surface area contributed by atoms with E-state index in [1.165, 1.54) is 0 Å². The summed E-state index contributed by atoms with van der Waals surface area (Å²) in [4.78, 5) is 29.2. The van der Waals surface area contributed by atoms with Gasteiger partial charge in [0.1, 0.15) is 0 Å². The zero-order valence-electron chi connectivity index (χ0n) is 16.5. The highest BCUT2D eigenvalue weighted by Crippen LogP contribution is 2.22. The van der Waals surface area contributed by atoms with E-state index in [-0.39, 0.29) is 17.7 Å². The van der Waals surface area contributed by atoms with E-state index in [0.29, 0.717) is 24.6 Å². The average Bonchev–Trinajstić information content (AvgIpc) is 3.30. The van der Waals surface area contributed by atoms with E-state index in [1.807, 2.05) is 37.4 Å². The third kappa shape index (κ3) is 3.80. The molecule has 0 aliphatic carbocycles. The molecule has 1 unspecified atom stereocenters. The number of nitrogens with one attached hydrogen (secondary N) is 1. The highest BCUT2D eigenvalue weighted by molar-refractivity contribution is 5.96. The highest BCUT2D eigenvalue weighted by Gasteiger charge is 2.36. The fourth-order valence-electron chi connectivity index (χ4n) is 3.98. The van der Waals surface area contributed by atoms with Crippen molar-refractivity contribution in [2.75, 3.05) is 39.8 Å². The van der Waals surface area contributed by atoms with Gasteiger partial charge in [-0.2, -0.15) is 5.10 Å². The first-order chi connectivity index (χ1) is 13.5. The summed E-state index contributed by atoms with van der Waals surface area (Å²) in [5, 5.41) is 7.32. The number of hydrogen-bond acceptors (Lipinski definition) is 4. The van der Waals surface area contributed by atoms with Crippen molar-refractivity contribution in [3.05, 3.63) is 47.8 Å². The van der Waals surface area contributed by atoms with Gasteiger partial charge in [-0.3, -0.25) is 9.59 Å². The lowest BCUT2D eigenvalue weighted by molar-refractivity contribution is -0.129. The number of hydrogen-bond donors (Lipinski definition) is 1. The van der Waals surface area contributed by atoms with Crippen LogP contribution in [0.2, 0.25) is 0 Å². The van der Waals surface area contributed by atoms with E-state index in [1.54, 1.807) is 15.8 Å². The van der Waals surface area contributed by atoms with Crippen molar-refractivity contribution in [2.45, 2.75) is 13.3 Å². The van der Waals surface area contributed by atoms with E-state index >= 15 is 0 Å². The van der Waals surface area contributed by atoms with Gasteiger partial charge in [0.25, 0.3) is 5.91 Å². The van der Waals surface area contributed by atoms with Crippen molar-refractivity contribution in [1.82, 2.24) is 24.9 Å². The van der Waals surface area contributed by atoms with E-state index in [4.69, 9.17) is 0 Å². The lowest BCUT2D eigenvalue weighted by Crippen LogP contribution is -2.56. The third-order valence-corrected chi connectivity index (χ3v) is 5.80. The highest BCUT2D eigenvalue weighted by atomic mass is 16.2. The van der Waals surface area contributed by atoms with Crippen molar-refractivity contribution < 1.29 is 9.59 Å². The van der Waals surface area contributed by atoms with Crippen LogP contribution in [-0.2, 0) is 4.79 Å². The predicted molar refractivity (Wildman–Crippen MR) is 106 cm³/mol. The van der Waals surface area contributed by atoms with E-state index < -0.39 is 0 Å². The maximum atomic E-state index is 12.8. The number of nitrogens with zero attached hydrogens (tertiary/aromatic N) is 4. The van der Waals surface area contributed by atoms with Gasteiger partial charge in [-0.15, -0.1) is 0 Å². The normalized spacial score (nSPS) is 20.2. The fraction of sp³-hybridized carbons (Fsp3) is 0.476. The minimum absolute atomic E-state index is 0.0325. The minimum Gasteiger partial charge on any atom is -0.355 e. The molecule has 1 aromatic carbocycles. The number of benzene rings is 1. The second kappa shape index (κ2) is 7.75. The monoisotopic (exact) mass is 381 g/mol. The van der Waals surface area contributed by atoms with E-state index in [0.717, 1.165) is 37.3 Å². The van der Waals surface area contributed by atoms with Crippen molar-refractivity contribution in [3.8, 4) is 5.69 Å². The van der Waals surface area contributed by atoms with Gasteiger partial charge >= 0.3 is 0 Å². The molecule has 2 fully saturated rings. The molecule has 2 aromatic rings. The van der Waals surface area contributed by atoms with Crippen LogP contribution >= 0.6 is 0 Å². The Labute approximate surface area is 165 Å². The predicted octanol–water partition coefficient (Wildman–Crippen LogP) is 1.32. The number of likely N-dealkylation sites (tertiary alicyclic amines) is 2. The molecule has 0 saturated carbocycles. The first kappa shape index (κ1) is 18.7. The molecule has 7 heteroatoms. The van der Waals surface area contributed by atoms with Crippen LogP contribution in [0.1, 0.15) is 22.3 Å². The van der Waals surface area contributed by atoms with Gasteiger partial charge in [0.05, 0.1) is 11.6 Å². The maximum absolute atomic E-state index is 12.8. The molecule has 2 aliphatic heterocycles. The Morgan fingerprint density at radius 2 is 2.07 bits per heavy atom. The number of aromatic nitrogens is 2. The van der Waals surface area contributed by atoms with Gasteiger partial charge in [-0.25, -0.2) is 4.68 Å². The minimum atomic E-state index is -0.0980. The number of carbonyl (C=O) groups is 2. The Morgan fingerprint density at radius 1 is 1.25 bits per heavy atom. The number of rotatable bonds is 5. The van der Waals surface area contributed by atoms with Crippen LogP contribution in [0.15, 0.2) is 36.7 Å². The first-order valence-corrected chi connectivity index (χ1v) is 9.87. The van der Waals surface area contributed by atoms with Crippen LogP contribution in [0.25, 0.3) is 5.69 Å². The SMILES string of the molecule is Cc1ccc(C(=O)N2CC(C(=O)NCC3CCN(C)C3)C2)cc1-n1cccn1. The topological polar surface area (TPSA) is 70.5 Å². The summed E-state index contributed by atoms with van der Waals surface area (Å²) >= 11 is 0. The van der Waals surface area contributed by atoms with Gasteiger partial charge in [0, 0.05) is 44.1 Å². The van der Waals surface area contributed by atoms with Crippen LogP contribution in [0.3, 0.4) is 0 Å². The van der Waals surface area contributed by atoms with Crippen molar-refractivity contribution in [1.29, 1.82) is 0 Å². The van der Waals surface area contributed by atoms with Gasteiger partial charge in [0.2, 0.25) is 5.91 Å². The summed E-state index contributed by atoms with van der Waals surface area (Å²) in [6.07, 6.45) is 4.72. The second-order valence-corrected chi connectivity index (χ2v) is 8.02. The van der Waals surface area contributed by atoms with Gasteiger partial charge in [-0.05, 0) is 56.6 Å². The Hall–Kier alpha value is -2.67. The molecule has 0 radical (unpaired) electrons. The quantitative estimate of drug-likeness (QED) is 0.848. The second-order valence-electron chi connectivity index (χ2n) is 8.02. The molecule has 7 nitrogen and oxygen atoms in total. The molecular weight excluding hydrogens is 354 g/mol. The molecule has 28 heavy (non-hydrogen) atoms. The molecular formula is C21H27N5O2. The molecule has 0 bridgehead atoms. The Kier molecular flexibility index (Phi) is 5.17. The molecule has 2 amide bonds. The Morgan fingerprint density at radius 3 is 2.75 bits per heavy atom. The van der Waals surface area contributed by atoms with Crippen molar-refractivity contribution in [2.24, 2.45) is 11.8 Å². The summed E-state index contributed by atoms with van der Waals surface area (Å²) in [6.45, 7) is 5.85. The summed E-state index contributed by atoms with van der Waals surface area (Å²) in [7, 11) is 2.11. The zero-order valence-corrected chi connectivity index (χ0v) is 16.5. The maximum Gasteiger partial charge on any atom is 0.253 e. The molecule has 148 valence electrons. The van der Waals surface area contributed by atoms with E-state index in [2.05, 4.69) is 22.4 Å². The number of amides is 2. The van der Waals surface area contributed by atoms with Gasteiger partial charge < -0.3 is 15.1 Å². The first-order valence-electron chi connectivity index (χ1n) is 9.87. The summed E-state index contributed by atoms with van der Waals surface area (Å²) in [5.41, 5.74) is 2.58. The zero-order chi connectivity index (χ0) is 19.7. The van der Waals surface area contributed by atoms with Crippen LogP contribution in [0.4, 0.5) is 0 Å². The number of carbonyl (C=O) groups excluding carboxylic acids is 2. The molecule has 0 spiro atoms. The summed E-state index contributed by atoms with van der Waals surface area (Å²) in [5.74, 6) is 0.480. The molecule has 2 saturated heterocycles. The molecule has 4 rings (SSSR count). The third-order valence-electron chi connectivity index (χ3n) is 5.80.